The molecule has 2 heterocycles. The molecule has 1 amide bonds. The van der Waals surface area contributed by atoms with Crippen molar-refractivity contribution in [3.63, 3.8) is 0 Å². The van der Waals surface area contributed by atoms with E-state index in [1.807, 2.05) is 11.8 Å². The van der Waals surface area contributed by atoms with Crippen molar-refractivity contribution in [1.29, 1.82) is 0 Å². The number of carbonyl (C=O) groups excluding carboxylic acids is 1. The number of amides is 1. The highest BCUT2D eigenvalue weighted by atomic mass is 35.5. The Morgan fingerprint density at radius 1 is 1.71 bits per heavy atom. The fourth-order valence-corrected chi connectivity index (χ4v) is 2.80. The zero-order chi connectivity index (χ0) is 11.5. The summed E-state index contributed by atoms with van der Waals surface area (Å²) in [5.74, 6) is 0.146. The van der Waals surface area contributed by atoms with Crippen LogP contribution in [0.15, 0.2) is 5.51 Å². The third-order valence-electron chi connectivity index (χ3n) is 2.83. The van der Waals surface area contributed by atoms with Crippen LogP contribution in [0.3, 0.4) is 0 Å². The van der Waals surface area contributed by atoms with Crippen molar-refractivity contribution in [2.75, 3.05) is 19.6 Å². The Balaban J connectivity index is 0.00000144. The van der Waals surface area contributed by atoms with Crippen molar-refractivity contribution < 1.29 is 4.79 Å². The summed E-state index contributed by atoms with van der Waals surface area (Å²) >= 11 is 1.45. The van der Waals surface area contributed by atoms with Crippen LogP contribution in [-0.4, -0.2) is 41.5 Å². The molecule has 2 rings (SSSR count). The van der Waals surface area contributed by atoms with E-state index in [2.05, 4.69) is 17.2 Å². The number of nitrogens with one attached hydrogen (secondary N) is 1. The van der Waals surface area contributed by atoms with Crippen molar-refractivity contribution in [1.82, 2.24) is 15.2 Å². The van der Waals surface area contributed by atoms with Crippen LogP contribution in [0, 0.1) is 0 Å². The SMILES string of the molecule is CCc1ncsc1C(=O)N1CCN[C@H](C)C1.Cl. The van der Waals surface area contributed by atoms with Gasteiger partial charge in [-0.05, 0) is 13.3 Å². The van der Waals surface area contributed by atoms with Gasteiger partial charge in [0.2, 0.25) is 0 Å². The van der Waals surface area contributed by atoms with Gasteiger partial charge in [-0.25, -0.2) is 4.98 Å². The molecule has 1 aromatic heterocycles. The number of rotatable bonds is 2. The number of halogens is 1. The summed E-state index contributed by atoms with van der Waals surface area (Å²) in [4.78, 5) is 19.2. The molecule has 1 aliphatic rings. The molecule has 0 spiro atoms. The monoisotopic (exact) mass is 275 g/mol. The van der Waals surface area contributed by atoms with E-state index >= 15 is 0 Å². The maximum atomic E-state index is 12.3. The lowest BCUT2D eigenvalue weighted by Gasteiger charge is -2.31. The van der Waals surface area contributed by atoms with Gasteiger partial charge in [0.15, 0.2) is 0 Å². The van der Waals surface area contributed by atoms with E-state index in [4.69, 9.17) is 0 Å². The van der Waals surface area contributed by atoms with Crippen LogP contribution >= 0.6 is 23.7 Å². The molecule has 0 aromatic carbocycles. The van der Waals surface area contributed by atoms with E-state index in [1.54, 1.807) is 5.51 Å². The highest BCUT2D eigenvalue weighted by molar-refractivity contribution is 7.11. The summed E-state index contributed by atoms with van der Waals surface area (Å²) in [6.07, 6.45) is 0.826. The predicted molar refractivity (Wildman–Crippen MR) is 72.1 cm³/mol. The molecular weight excluding hydrogens is 258 g/mol. The van der Waals surface area contributed by atoms with Crippen molar-refractivity contribution in [3.8, 4) is 0 Å². The molecule has 0 unspecified atom stereocenters. The molecule has 0 saturated carbocycles. The number of carbonyl (C=O) groups is 1. The van der Waals surface area contributed by atoms with Gasteiger partial charge in [-0.15, -0.1) is 23.7 Å². The first-order chi connectivity index (χ1) is 7.72. The van der Waals surface area contributed by atoms with Gasteiger partial charge >= 0.3 is 0 Å². The first kappa shape index (κ1) is 14.4. The van der Waals surface area contributed by atoms with E-state index in [-0.39, 0.29) is 18.3 Å². The first-order valence-corrected chi connectivity index (χ1v) is 6.55. The van der Waals surface area contributed by atoms with Crippen LogP contribution in [0.25, 0.3) is 0 Å². The molecule has 1 fully saturated rings. The number of hydrogen-bond donors (Lipinski definition) is 1. The molecule has 6 heteroatoms. The highest BCUT2D eigenvalue weighted by Gasteiger charge is 2.24. The quantitative estimate of drug-likeness (QED) is 0.891. The minimum atomic E-state index is 0. The van der Waals surface area contributed by atoms with Gasteiger partial charge in [-0.2, -0.15) is 0 Å². The zero-order valence-corrected chi connectivity index (χ0v) is 11.7. The second-order valence-corrected chi connectivity index (χ2v) is 4.94. The van der Waals surface area contributed by atoms with E-state index in [1.165, 1.54) is 11.3 Å². The smallest absolute Gasteiger partial charge is 0.265 e. The lowest BCUT2D eigenvalue weighted by Crippen LogP contribution is -2.51. The van der Waals surface area contributed by atoms with Crippen LogP contribution in [0.2, 0.25) is 0 Å². The van der Waals surface area contributed by atoms with E-state index < -0.39 is 0 Å². The molecule has 0 radical (unpaired) electrons. The summed E-state index contributed by atoms with van der Waals surface area (Å²) in [6, 6.07) is 0.385. The van der Waals surface area contributed by atoms with Crippen LogP contribution < -0.4 is 5.32 Å². The maximum absolute atomic E-state index is 12.3. The average molecular weight is 276 g/mol. The Kier molecular flexibility index (Phi) is 5.36. The van der Waals surface area contributed by atoms with Gasteiger partial charge in [0.1, 0.15) is 4.88 Å². The normalized spacial score (nSPS) is 19.9. The Morgan fingerprint density at radius 3 is 3.12 bits per heavy atom. The summed E-state index contributed by atoms with van der Waals surface area (Å²) < 4.78 is 0. The summed E-state index contributed by atoms with van der Waals surface area (Å²) in [5.41, 5.74) is 2.69. The van der Waals surface area contributed by atoms with Crippen LogP contribution in [0.4, 0.5) is 0 Å². The molecule has 0 bridgehead atoms. The second kappa shape index (κ2) is 6.33. The summed E-state index contributed by atoms with van der Waals surface area (Å²) in [5, 5.41) is 3.33. The van der Waals surface area contributed by atoms with E-state index in [9.17, 15) is 4.79 Å². The van der Waals surface area contributed by atoms with Crippen LogP contribution in [0.5, 0.6) is 0 Å². The lowest BCUT2D eigenvalue weighted by molar-refractivity contribution is 0.0712. The molecule has 1 atom stereocenters. The van der Waals surface area contributed by atoms with Gasteiger partial charge < -0.3 is 10.2 Å². The molecule has 1 aliphatic heterocycles. The van der Waals surface area contributed by atoms with Crippen molar-refractivity contribution >= 4 is 29.7 Å². The van der Waals surface area contributed by atoms with Crippen molar-refractivity contribution in [2.45, 2.75) is 26.3 Å². The molecular formula is C11H18ClN3OS. The fraction of sp³-hybridized carbons (Fsp3) is 0.636. The van der Waals surface area contributed by atoms with E-state index in [0.717, 1.165) is 36.6 Å². The van der Waals surface area contributed by atoms with Crippen LogP contribution in [0.1, 0.15) is 29.2 Å². The molecule has 17 heavy (non-hydrogen) atoms. The Morgan fingerprint density at radius 2 is 2.47 bits per heavy atom. The van der Waals surface area contributed by atoms with Gasteiger partial charge in [0, 0.05) is 25.7 Å². The summed E-state index contributed by atoms with van der Waals surface area (Å²) in [7, 11) is 0. The van der Waals surface area contributed by atoms with E-state index in [0.29, 0.717) is 6.04 Å². The van der Waals surface area contributed by atoms with Gasteiger partial charge in [0.25, 0.3) is 5.91 Å². The number of piperazine rings is 1. The largest absolute Gasteiger partial charge is 0.335 e. The fourth-order valence-electron chi connectivity index (χ4n) is 1.96. The number of nitrogens with zero attached hydrogens (tertiary/aromatic N) is 2. The Hall–Kier alpha value is -0.650. The highest BCUT2D eigenvalue weighted by Crippen LogP contribution is 2.17. The van der Waals surface area contributed by atoms with Gasteiger partial charge in [0.05, 0.1) is 11.2 Å². The third kappa shape index (κ3) is 3.18. The molecule has 4 nitrogen and oxygen atoms in total. The van der Waals surface area contributed by atoms with Crippen molar-refractivity contribution in [2.24, 2.45) is 0 Å². The molecule has 1 N–H and O–H groups in total. The molecule has 0 aliphatic carbocycles. The lowest BCUT2D eigenvalue weighted by atomic mass is 10.2. The Bertz CT molecular complexity index is 383. The van der Waals surface area contributed by atoms with Crippen LogP contribution in [-0.2, 0) is 6.42 Å². The van der Waals surface area contributed by atoms with Crippen molar-refractivity contribution in [3.05, 3.63) is 16.1 Å². The average Bonchev–Trinajstić information content (AvgIpc) is 2.76. The topological polar surface area (TPSA) is 45.2 Å². The molecule has 96 valence electrons. The predicted octanol–water partition coefficient (Wildman–Crippen LogP) is 1.56. The number of thiazole rings is 1. The van der Waals surface area contributed by atoms with Gasteiger partial charge in [-0.1, -0.05) is 6.92 Å². The maximum Gasteiger partial charge on any atom is 0.265 e. The number of aryl methyl sites for hydroxylation is 1. The standard InChI is InChI=1S/C11H17N3OS.ClH/c1-3-9-10(16-7-13-9)11(15)14-5-4-12-8(2)6-14;/h7-8,12H,3-6H2,1-2H3;1H/t8-;/m1./s1. The molecule has 1 saturated heterocycles. The zero-order valence-electron chi connectivity index (χ0n) is 10.1. The minimum absolute atomic E-state index is 0. The Labute approximate surface area is 112 Å². The van der Waals surface area contributed by atoms with Gasteiger partial charge in [-0.3, -0.25) is 4.79 Å². The number of aromatic nitrogens is 1. The second-order valence-electron chi connectivity index (χ2n) is 4.09. The summed E-state index contributed by atoms with van der Waals surface area (Å²) in [6.45, 7) is 6.61. The number of hydrogen-bond acceptors (Lipinski definition) is 4. The first-order valence-electron chi connectivity index (χ1n) is 5.67. The third-order valence-corrected chi connectivity index (χ3v) is 3.68. The molecule has 1 aromatic rings. The minimum Gasteiger partial charge on any atom is -0.335 e.